The molecule has 3 nitrogen and oxygen atoms in total. The molecule has 7 heteroatoms. The second-order valence-electron chi connectivity index (χ2n) is 4.86. The van der Waals surface area contributed by atoms with Crippen LogP contribution < -0.4 is 5.32 Å². The van der Waals surface area contributed by atoms with Gasteiger partial charge >= 0.3 is 0 Å². The summed E-state index contributed by atoms with van der Waals surface area (Å²) in [6.07, 6.45) is 1.65. The van der Waals surface area contributed by atoms with E-state index in [1.54, 1.807) is 18.5 Å². The van der Waals surface area contributed by atoms with Gasteiger partial charge in [0.1, 0.15) is 0 Å². The van der Waals surface area contributed by atoms with Gasteiger partial charge in [0.15, 0.2) is 11.6 Å². The number of halogens is 4. The Morgan fingerprint density at radius 2 is 1.87 bits per heavy atom. The molecule has 0 saturated heterocycles. The van der Waals surface area contributed by atoms with Crippen LogP contribution in [0.1, 0.15) is 6.92 Å². The number of hydrogen-bond donors (Lipinski definition) is 1. The highest BCUT2D eigenvalue weighted by Crippen LogP contribution is 2.35. The van der Waals surface area contributed by atoms with Crippen molar-refractivity contribution < 1.29 is 8.78 Å². The lowest BCUT2D eigenvalue weighted by molar-refractivity contribution is 0.509. The van der Waals surface area contributed by atoms with E-state index in [1.807, 2.05) is 18.9 Å². The van der Waals surface area contributed by atoms with Gasteiger partial charge in [0.2, 0.25) is 0 Å². The van der Waals surface area contributed by atoms with Crippen molar-refractivity contribution in [2.75, 3.05) is 18.9 Å². The molecule has 2 aromatic carbocycles. The van der Waals surface area contributed by atoms with E-state index in [9.17, 15) is 8.78 Å². The summed E-state index contributed by atoms with van der Waals surface area (Å²) in [5, 5.41) is 3.65. The highest BCUT2D eigenvalue weighted by Gasteiger charge is 2.09. The maximum Gasteiger partial charge on any atom is 0.160 e. The van der Waals surface area contributed by atoms with E-state index in [1.165, 1.54) is 6.07 Å². The Labute approximate surface area is 143 Å². The fourth-order valence-electron chi connectivity index (χ4n) is 1.70. The SMILES string of the molecule is CCN(C)/C=N\c1cc(Cl)c(Nc2ccc(F)c(F)c2)cc1Cl. The highest BCUT2D eigenvalue weighted by molar-refractivity contribution is 6.37. The number of nitrogens with zero attached hydrogens (tertiary/aromatic N) is 2. The molecule has 0 unspecified atom stereocenters. The first-order valence-corrected chi connectivity index (χ1v) is 7.62. The number of rotatable bonds is 5. The minimum absolute atomic E-state index is 0.365. The Hall–Kier alpha value is -1.85. The van der Waals surface area contributed by atoms with Gasteiger partial charge in [-0.05, 0) is 31.2 Å². The standard InChI is InChI=1S/C16H15Cl2F2N3/c1-3-23(2)9-21-15-7-12(18)16(8-11(15)17)22-10-4-5-13(19)14(20)6-10/h4-9,22H,3H2,1-2H3/b21-9-. The fourth-order valence-corrected chi connectivity index (χ4v) is 2.12. The summed E-state index contributed by atoms with van der Waals surface area (Å²) in [6, 6.07) is 6.68. The maximum absolute atomic E-state index is 13.2. The largest absolute Gasteiger partial charge is 0.366 e. The molecule has 0 aliphatic rings. The molecule has 0 aromatic heterocycles. The first-order chi connectivity index (χ1) is 10.9. The number of aliphatic imine (C=N–C) groups is 1. The van der Waals surface area contributed by atoms with Crippen LogP contribution in [-0.4, -0.2) is 24.8 Å². The van der Waals surface area contributed by atoms with Crippen LogP contribution in [-0.2, 0) is 0 Å². The van der Waals surface area contributed by atoms with Crippen LogP contribution in [0.25, 0.3) is 0 Å². The molecule has 0 aliphatic heterocycles. The molecule has 0 radical (unpaired) electrons. The van der Waals surface area contributed by atoms with Gasteiger partial charge in [0.05, 0.1) is 27.8 Å². The molecular formula is C16H15Cl2F2N3. The highest BCUT2D eigenvalue weighted by atomic mass is 35.5. The summed E-state index contributed by atoms with van der Waals surface area (Å²) in [7, 11) is 1.89. The Morgan fingerprint density at radius 1 is 1.13 bits per heavy atom. The van der Waals surface area contributed by atoms with E-state index in [0.717, 1.165) is 18.7 Å². The van der Waals surface area contributed by atoms with E-state index in [4.69, 9.17) is 23.2 Å². The van der Waals surface area contributed by atoms with Crippen molar-refractivity contribution in [2.24, 2.45) is 4.99 Å². The number of benzene rings is 2. The van der Waals surface area contributed by atoms with Crippen molar-refractivity contribution in [1.82, 2.24) is 4.90 Å². The average Bonchev–Trinajstić information content (AvgIpc) is 2.52. The zero-order valence-electron chi connectivity index (χ0n) is 12.6. The zero-order valence-corrected chi connectivity index (χ0v) is 14.1. The Kier molecular flexibility index (Phi) is 5.80. The summed E-state index contributed by atoms with van der Waals surface area (Å²) in [4.78, 5) is 6.14. The van der Waals surface area contributed by atoms with Crippen molar-refractivity contribution in [3.8, 4) is 0 Å². The third-order valence-corrected chi connectivity index (χ3v) is 3.74. The molecule has 0 fully saturated rings. The van der Waals surface area contributed by atoms with E-state index < -0.39 is 11.6 Å². The molecule has 0 spiro atoms. The van der Waals surface area contributed by atoms with Crippen LogP contribution in [0, 0.1) is 11.6 Å². The first kappa shape index (κ1) is 17.5. The fraction of sp³-hybridized carbons (Fsp3) is 0.188. The molecular weight excluding hydrogens is 343 g/mol. The van der Waals surface area contributed by atoms with Crippen molar-refractivity contribution >= 4 is 46.6 Å². The summed E-state index contributed by atoms with van der Waals surface area (Å²) < 4.78 is 26.2. The summed E-state index contributed by atoms with van der Waals surface area (Å²) in [6.45, 7) is 2.81. The lowest BCUT2D eigenvalue weighted by Crippen LogP contribution is -2.14. The number of anilines is 2. The lowest BCUT2D eigenvalue weighted by Gasteiger charge is -2.12. The second kappa shape index (κ2) is 7.62. The van der Waals surface area contributed by atoms with Crippen LogP contribution in [0.5, 0.6) is 0 Å². The minimum atomic E-state index is -0.943. The maximum atomic E-state index is 13.2. The zero-order chi connectivity index (χ0) is 17.0. The van der Waals surface area contributed by atoms with E-state index in [2.05, 4.69) is 10.3 Å². The number of hydrogen-bond acceptors (Lipinski definition) is 2. The molecule has 0 saturated carbocycles. The van der Waals surface area contributed by atoms with Crippen molar-refractivity contribution in [3.05, 3.63) is 52.0 Å². The normalized spacial score (nSPS) is 11.0. The van der Waals surface area contributed by atoms with Crippen LogP contribution in [0.2, 0.25) is 10.0 Å². The summed E-state index contributed by atoms with van der Waals surface area (Å²) in [5.74, 6) is -1.86. The van der Waals surface area contributed by atoms with Gasteiger partial charge in [-0.15, -0.1) is 0 Å². The lowest BCUT2D eigenvalue weighted by atomic mass is 10.2. The van der Waals surface area contributed by atoms with Crippen LogP contribution in [0.4, 0.5) is 25.8 Å². The smallest absolute Gasteiger partial charge is 0.160 e. The Bertz CT molecular complexity index is 736. The summed E-state index contributed by atoms with van der Waals surface area (Å²) >= 11 is 12.4. The van der Waals surface area contributed by atoms with Crippen LogP contribution >= 0.6 is 23.2 Å². The molecule has 2 aromatic rings. The molecule has 0 amide bonds. The molecule has 0 aliphatic carbocycles. The van der Waals surface area contributed by atoms with Gasteiger partial charge < -0.3 is 10.2 Å². The molecule has 23 heavy (non-hydrogen) atoms. The van der Waals surface area contributed by atoms with E-state index in [0.29, 0.717) is 27.1 Å². The van der Waals surface area contributed by atoms with Crippen LogP contribution in [0.15, 0.2) is 35.3 Å². The molecule has 0 heterocycles. The molecule has 0 atom stereocenters. The predicted molar refractivity (Wildman–Crippen MR) is 92.6 cm³/mol. The molecule has 0 bridgehead atoms. The van der Waals surface area contributed by atoms with Crippen molar-refractivity contribution in [2.45, 2.75) is 6.92 Å². The molecule has 122 valence electrons. The topological polar surface area (TPSA) is 27.6 Å². The Balaban J connectivity index is 2.25. The quantitative estimate of drug-likeness (QED) is 0.554. The third-order valence-electron chi connectivity index (χ3n) is 3.13. The minimum Gasteiger partial charge on any atom is -0.366 e. The van der Waals surface area contributed by atoms with Gasteiger partial charge in [-0.3, -0.25) is 0 Å². The van der Waals surface area contributed by atoms with Crippen molar-refractivity contribution in [1.29, 1.82) is 0 Å². The van der Waals surface area contributed by atoms with Gasteiger partial charge in [-0.25, -0.2) is 13.8 Å². The Morgan fingerprint density at radius 3 is 2.52 bits per heavy atom. The first-order valence-electron chi connectivity index (χ1n) is 6.86. The number of nitrogens with one attached hydrogen (secondary N) is 1. The third kappa shape index (κ3) is 4.56. The van der Waals surface area contributed by atoms with Crippen molar-refractivity contribution in [3.63, 3.8) is 0 Å². The van der Waals surface area contributed by atoms with Crippen LogP contribution in [0.3, 0.4) is 0 Å². The van der Waals surface area contributed by atoms with E-state index in [-0.39, 0.29) is 0 Å². The molecule has 1 N–H and O–H groups in total. The second-order valence-corrected chi connectivity index (χ2v) is 5.67. The predicted octanol–water partition coefficient (Wildman–Crippen LogP) is 5.63. The summed E-state index contributed by atoms with van der Waals surface area (Å²) in [5.41, 5.74) is 1.36. The monoisotopic (exact) mass is 357 g/mol. The van der Waals surface area contributed by atoms with Gasteiger partial charge in [0, 0.05) is 25.3 Å². The van der Waals surface area contributed by atoms with Gasteiger partial charge in [-0.1, -0.05) is 23.2 Å². The van der Waals surface area contributed by atoms with Gasteiger partial charge in [-0.2, -0.15) is 0 Å². The van der Waals surface area contributed by atoms with E-state index >= 15 is 0 Å². The van der Waals surface area contributed by atoms with Gasteiger partial charge in [0.25, 0.3) is 0 Å². The average molecular weight is 358 g/mol. The molecule has 2 rings (SSSR count).